The first-order valence-electron chi connectivity index (χ1n) is 5.85. The molecule has 2 rings (SSSR count). The molecule has 0 radical (unpaired) electrons. The molecule has 0 saturated heterocycles. The van der Waals surface area contributed by atoms with Crippen LogP contribution in [0.2, 0.25) is 0 Å². The third-order valence-electron chi connectivity index (χ3n) is 2.51. The highest BCUT2D eigenvalue weighted by Crippen LogP contribution is 2.31. The third kappa shape index (κ3) is 2.93. The molecule has 0 aliphatic heterocycles. The van der Waals surface area contributed by atoms with E-state index in [9.17, 15) is 8.78 Å². The molecule has 3 nitrogen and oxygen atoms in total. The zero-order valence-electron chi connectivity index (χ0n) is 10.4. The molecule has 0 fully saturated rings. The summed E-state index contributed by atoms with van der Waals surface area (Å²) in [6.07, 6.45) is 0. The van der Waals surface area contributed by atoms with Crippen LogP contribution in [0.15, 0.2) is 36.4 Å². The van der Waals surface area contributed by atoms with Crippen LogP contribution < -0.4 is 15.8 Å². The normalized spacial score (nSPS) is 10.3. The Labute approximate surface area is 110 Å². The number of benzene rings is 2. The van der Waals surface area contributed by atoms with Gasteiger partial charge >= 0.3 is 0 Å². The van der Waals surface area contributed by atoms with Gasteiger partial charge in [-0.05, 0) is 31.2 Å². The minimum absolute atomic E-state index is 0.0404. The van der Waals surface area contributed by atoms with Gasteiger partial charge in [-0.2, -0.15) is 0 Å². The van der Waals surface area contributed by atoms with Crippen molar-refractivity contribution in [1.82, 2.24) is 0 Å². The topological polar surface area (TPSA) is 47.3 Å². The van der Waals surface area contributed by atoms with Crippen molar-refractivity contribution < 1.29 is 13.5 Å². The van der Waals surface area contributed by atoms with Gasteiger partial charge in [0.25, 0.3) is 0 Å². The van der Waals surface area contributed by atoms with Crippen LogP contribution >= 0.6 is 0 Å². The molecule has 2 aromatic rings. The van der Waals surface area contributed by atoms with E-state index in [0.29, 0.717) is 18.0 Å². The molecule has 0 spiro atoms. The molecule has 2 aromatic carbocycles. The first kappa shape index (κ1) is 13.1. The van der Waals surface area contributed by atoms with E-state index in [-0.39, 0.29) is 11.4 Å². The predicted octanol–water partition coefficient (Wildman–Crippen LogP) is 3.69. The number of hydrogen-bond acceptors (Lipinski definition) is 3. The van der Waals surface area contributed by atoms with Crippen molar-refractivity contribution in [1.29, 1.82) is 0 Å². The summed E-state index contributed by atoms with van der Waals surface area (Å²) in [6, 6.07) is 9.06. The van der Waals surface area contributed by atoms with E-state index in [1.165, 1.54) is 0 Å². The van der Waals surface area contributed by atoms with E-state index in [1.54, 1.807) is 24.3 Å². The van der Waals surface area contributed by atoms with Crippen LogP contribution in [0.25, 0.3) is 0 Å². The molecule has 19 heavy (non-hydrogen) atoms. The van der Waals surface area contributed by atoms with Gasteiger partial charge in [0.1, 0.15) is 11.4 Å². The zero-order chi connectivity index (χ0) is 13.8. The van der Waals surface area contributed by atoms with Gasteiger partial charge in [-0.25, -0.2) is 8.78 Å². The Balaban J connectivity index is 2.36. The Morgan fingerprint density at radius 3 is 2.42 bits per heavy atom. The van der Waals surface area contributed by atoms with Crippen molar-refractivity contribution in [3.63, 3.8) is 0 Å². The van der Waals surface area contributed by atoms with Crippen molar-refractivity contribution in [3.05, 3.63) is 48.0 Å². The molecule has 0 heterocycles. The smallest absolute Gasteiger partial charge is 0.151 e. The number of rotatable bonds is 4. The van der Waals surface area contributed by atoms with E-state index in [0.717, 1.165) is 12.1 Å². The lowest BCUT2D eigenvalue weighted by Crippen LogP contribution is -2.02. The summed E-state index contributed by atoms with van der Waals surface area (Å²) in [5, 5.41) is 2.69. The van der Waals surface area contributed by atoms with Gasteiger partial charge in [-0.15, -0.1) is 0 Å². The molecule has 0 aliphatic rings. The van der Waals surface area contributed by atoms with E-state index >= 15 is 0 Å². The summed E-state index contributed by atoms with van der Waals surface area (Å²) >= 11 is 0. The van der Waals surface area contributed by atoms with Crippen LogP contribution in [0.1, 0.15) is 6.92 Å². The maximum atomic E-state index is 13.7. The number of hydrogen-bond donors (Lipinski definition) is 2. The Morgan fingerprint density at radius 1 is 1.16 bits per heavy atom. The number of nitrogen functional groups attached to an aromatic ring is 1. The van der Waals surface area contributed by atoms with Gasteiger partial charge in [-0.1, -0.05) is 12.1 Å². The lowest BCUT2D eigenvalue weighted by Gasteiger charge is -2.13. The molecule has 0 amide bonds. The van der Waals surface area contributed by atoms with E-state index in [4.69, 9.17) is 10.5 Å². The Hall–Kier alpha value is -2.30. The van der Waals surface area contributed by atoms with Crippen LogP contribution in [0, 0.1) is 11.6 Å². The van der Waals surface area contributed by atoms with Gasteiger partial charge < -0.3 is 15.8 Å². The van der Waals surface area contributed by atoms with E-state index < -0.39 is 11.6 Å². The second-order valence-electron chi connectivity index (χ2n) is 3.91. The molecule has 0 unspecified atom stereocenters. The summed E-state index contributed by atoms with van der Waals surface area (Å²) in [7, 11) is 0. The average molecular weight is 264 g/mol. The largest absolute Gasteiger partial charge is 0.492 e. The Bertz CT molecular complexity index is 564. The molecule has 0 atom stereocenters. The predicted molar refractivity (Wildman–Crippen MR) is 71.7 cm³/mol. The van der Waals surface area contributed by atoms with Gasteiger partial charge in [-0.3, -0.25) is 0 Å². The summed E-state index contributed by atoms with van der Waals surface area (Å²) in [6.45, 7) is 2.30. The number of halogens is 2. The Morgan fingerprint density at radius 2 is 1.79 bits per heavy atom. The summed E-state index contributed by atoms with van der Waals surface area (Å²) < 4.78 is 32.8. The van der Waals surface area contributed by atoms with Crippen molar-refractivity contribution in [2.45, 2.75) is 6.92 Å². The lowest BCUT2D eigenvalue weighted by molar-refractivity contribution is 0.342. The number of nitrogens with one attached hydrogen (secondary N) is 1. The number of ether oxygens (including phenoxy) is 1. The van der Waals surface area contributed by atoms with Gasteiger partial charge in [0, 0.05) is 5.69 Å². The third-order valence-corrected chi connectivity index (χ3v) is 2.51. The maximum Gasteiger partial charge on any atom is 0.151 e. The fourth-order valence-electron chi connectivity index (χ4n) is 1.70. The second-order valence-corrected chi connectivity index (χ2v) is 3.91. The highest BCUT2D eigenvalue weighted by atomic mass is 19.1. The SMILES string of the molecule is CCOc1ccccc1Nc1c(F)cc(N)cc1F. The number of para-hydroxylation sites is 2. The molecule has 3 N–H and O–H groups in total. The van der Waals surface area contributed by atoms with Crippen LogP contribution in [-0.4, -0.2) is 6.61 Å². The van der Waals surface area contributed by atoms with Gasteiger partial charge in [0.05, 0.1) is 12.3 Å². The molecule has 0 bridgehead atoms. The van der Waals surface area contributed by atoms with E-state index in [1.807, 2.05) is 6.92 Å². The molecule has 0 aromatic heterocycles. The van der Waals surface area contributed by atoms with Gasteiger partial charge in [0.15, 0.2) is 11.6 Å². The van der Waals surface area contributed by atoms with Crippen LogP contribution in [0.5, 0.6) is 5.75 Å². The number of anilines is 3. The van der Waals surface area contributed by atoms with Crippen molar-refractivity contribution in [2.24, 2.45) is 0 Å². The fraction of sp³-hybridized carbons (Fsp3) is 0.143. The molecular formula is C14H14F2N2O. The summed E-state index contributed by atoms with van der Waals surface area (Å²) in [4.78, 5) is 0. The van der Waals surface area contributed by atoms with Crippen molar-refractivity contribution >= 4 is 17.1 Å². The van der Waals surface area contributed by atoms with Crippen LogP contribution in [0.3, 0.4) is 0 Å². The quantitative estimate of drug-likeness (QED) is 0.828. The summed E-state index contributed by atoms with van der Waals surface area (Å²) in [5.74, 6) is -0.965. The Kier molecular flexibility index (Phi) is 3.85. The zero-order valence-corrected chi connectivity index (χ0v) is 10.4. The highest BCUT2D eigenvalue weighted by Gasteiger charge is 2.12. The van der Waals surface area contributed by atoms with Gasteiger partial charge in [0.2, 0.25) is 0 Å². The minimum Gasteiger partial charge on any atom is -0.492 e. The van der Waals surface area contributed by atoms with Crippen LogP contribution in [-0.2, 0) is 0 Å². The monoisotopic (exact) mass is 264 g/mol. The standard InChI is InChI=1S/C14H14F2N2O/c1-2-19-13-6-4-3-5-12(13)18-14-10(15)7-9(17)8-11(14)16/h3-8,18H,2,17H2,1H3. The summed E-state index contributed by atoms with van der Waals surface area (Å²) in [5.41, 5.74) is 5.65. The maximum absolute atomic E-state index is 13.7. The van der Waals surface area contributed by atoms with Crippen LogP contribution in [0.4, 0.5) is 25.8 Å². The lowest BCUT2D eigenvalue weighted by atomic mass is 10.2. The molecule has 5 heteroatoms. The molecule has 100 valence electrons. The van der Waals surface area contributed by atoms with E-state index in [2.05, 4.69) is 5.32 Å². The first-order valence-corrected chi connectivity index (χ1v) is 5.85. The van der Waals surface area contributed by atoms with Crippen molar-refractivity contribution in [3.8, 4) is 5.75 Å². The number of nitrogens with two attached hydrogens (primary N) is 1. The average Bonchev–Trinajstić information content (AvgIpc) is 2.36. The van der Waals surface area contributed by atoms with Crippen molar-refractivity contribution in [2.75, 3.05) is 17.7 Å². The molecular weight excluding hydrogens is 250 g/mol. The second kappa shape index (κ2) is 5.56. The first-order chi connectivity index (χ1) is 9.11. The highest BCUT2D eigenvalue weighted by molar-refractivity contribution is 5.68. The molecule has 0 saturated carbocycles. The molecule has 0 aliphatic carbocycles. The minimum atomic E-state index is -0.746. The fourth-order valence-corrected chi connectivity index (χ4v) is 1.70.